The van der Waals surface area contributed by atoms with Gasteiger partial charge >= 0.3 is 0 Å². The standard InChI is InChI=1S/C40H27N3O2/c1-2-8-33-26(7-1)13-14-29-25-32(23-24-34(29)33)43(30-19-15-27(16-20-30)39-41-35-9-3-5-11-37(35)44-39)31-21-17-28(18-22-31)40-42-36-10-4-6-12-38(36)45-40/h1-12,15-25H,13-14H2. The van der Waals surface area contributed by atoms with Gasteiger partial charge in [-0.25, -0.2) is 9.97 Å². The molecule has 0 unspecified atom stereocenters. The summed E-state index contributed by atoms with van der Waals surface area (Å²) in [5.74, 6) is 1.23. The molecule has 45 heavy (non-hydrogen) atoms. The highest BCUT2D eigenvalue weighted by Gasteiger charge is 2.20. The second-order valence-electron chi connectivity index (χ2n) is 11.4. The van der Waals surface area contributed by atoms with Crippen LogP contribution in [0.4, 0.5) is 17.1 Å². The third-order valence-corrected chi connectivity index (χ3v) is 8.65. The zero-order chi connectivity index (χ0) is 29.7. The number of hydrogen-bond acceptors (Lipinski definition) is 5. The predicted octanol–water partition coefficient (Wildman–Crippen LogP) is 10.5. The summed E-state index contributed by atoms with van der Waals surface area (Å²) in [6, 6.07) is 48.1. The number of anilines is 3. The summed E-state index contributed by atoms with van der Waals surface area (Å²) < 4.78 is 12.1. The fourth-order valence-electron chi connectivity index (χ4n) is 6.40. The first-order valence-electron chi connectivity index (χ1n) is 15.2. The Balaban J connectivity index is 1.12. The Hall–Kier alpha value is -5.94. The van der Waals surface area contributed by atoms with Gasteiger partial charge in [-0.3, -0.25) is 0 Å². The lowest BCUT2D eigenvalue weighted by atomic mass is 9.85. The van der Waals surface area contributed by atoms with Crippen molar-refractivity contribution in [3.63, 3.8) is 0 Å². The average molecular weight is 582 g/mol. The van der Waals surface area contributed by atoms with Crippen molar-refractivity contribution in [3.05, 3.63) is 151 Å². The topological polar surface area (TPSA) is 55.3 Å². The number of para-hydroxylation sites is 4. The predicted molar refractivity (Wildman–Crippen MR) is 180 cm³/mol. The Morgan fingerprint density at radius 2 is 0.933 bits per heavy atom. The van der Waals surface area contributed by atoms with Crippen LogP contribution in [0.1, 0.15) is 11.1 Å². The third-order valence-electron chi connectivity index (χ3n) is 8.65. The van der Waals surface area contributed by atoms with Gasteiger partial charge in [0.2, 0.25) is 11.8 Å². The molecule has 0 N–H and O–H groups in total. The highest BCUT2D eigenvalue weighted by molar-refractivity contribution is 5.83. The molecule has 8 aromatic rings. The number of nitrogens with zero attached hydrogens (tertiary/aromatic N) is 3. The first-order valence-corrected chi connectivity index (χ1v) is 15.2. The van der Waals surface area contributed by atoms with Crippen LogP contribution >= 0.6 is 0 Å². The minimum absolute atomic E-state index is 0.615. The van der Waals surface area contributed by atoms with Crippen LogP contribution in [0.5, 0.6) is 0 Å². The highest BCUT2D eigenvalue weighted by atomic mass is 16.4. The van der Waals surface area contributed by atoms with E-state index in [-0.39, 0.29) is 0 Å². The maximum Gasteiger partial charge on any atom is 0.227 e. The molecule has 2 aromatic heterocycles. The molecule has 0 saturated heterocycles. The van der Waals surface area contributed by atoms with Crippen molar-refractivity contribution in [1.29, 1.82) is 0 Å². The van der Waals surface area contributed by atoms with Crippen molar-refractivity contribution >= 4 is 39.3 Å². The number of hydrogen-bond donors (Lipinski definition) is 0. The zero-order valence-electron chi connectivity index (χ0n) is 24.4. The van der Waals surface area contributed by atoms with Crippen molar-refractivity contribution in [3.8, 4) is 34.0 Å². The summed E-state index contributed by atoms with van der Waals surface area (Å²) in [5, 5.41) is 0. The second kappa shape index (κ2) is 10.4. The largest absolute Gasteiger partial charge is 0.436 e. The molecule has 0 saturated carbocycles. The lowest BCUT2D eigenvalue weighted by molar-refractivity contribution is 0.619. The van der Waals surface area contributed by atoms with E-state index in [4.69, 9.17) is 18.8 Å². The number of benzene rings is 6. The first-order chi connectivity index (χ1) is 22.3. The fraction of sp³-hybridized carbons (Fsp3) is 0.0500. The van der Waals surface area contributed by atoms with Gasteiger partial charge in [0.15, 0.2) is 11.2 Å². The molecule has 1 aliphatic rings. The normalized spacial score (nSPS) is 12.3. The van der Waals surface area contributed by atoms with Crippen LogP contribution in [0.2, 0.25) is 0 Å². The molecule has 5 nitrogen and oxygen atoms in total. The number of rotatable bonds is 5. The van der Waals surface area contributed by atoms with Crippen molar-refractivity contribution < 1.29 is 8.83 Å². The number of oxazole rings is 2. The highest BCUT2D eigenvalue weighted by Crippen LogP contribution is 2.41. The van der Waals surface area contributed by atoms with E-state index in [0.29, 0.717) is 11.8 Å². The molecular weight excluding hydrogens is 554 g/mol. The molecule has 2 heterocycles. The van der Waals surface area contributed by atoms with E-state index in [2.05, 4.69) is 95.9 Å². The SMILES string of the molecule is c1ccc2c(c1)CCc1cc(N(c3ccc(-c4nc5ccccc5o4)cc3)c3ccc(-c4nc5ccccc5o4)cc3)ccc1-2. The van der Waals surface area contributed by atoms with Crippen LogP contribution in [0, 0.1) is 0 Å². The number of aryl methyl sites for hydroxylation is 2. The molecule has 0 spiro atoms. The van der Waals surface area contributed by atoms with Crippen molar-refractivity contribution in [1.82, 2.24) is 9.97 Å². The van der Waals surface area contributed by atoms with Gasteiger partial charge < -0.3 is 13.7 Å². The van der Waals surface area contributed by atoms with Crippen LogP contribution in [-0.2, 0) is 12.8 Å². The average Bonchev–Trinajstić information content (AvgIpc) is 3.74. The van der Waals surface area contributed by atoms with Crippen LogP contribution < -0.4 is 4.90 Å². The summed E-state index contributed by atoms with van der Waals surface area (Å²) >= 11 is 0. The summed E-state index contributed by atoms with van der Waals surface area (Å²) in [6.07, 6.45) is 2.06. The lowest BCUT2D eigenvalue weighted by Crippen LogP contribution is -2.12. The molecule has 0 radical (unpaired) electrons. The molecule has 0 amide bonds. The van der Waals surface area contributed by atoms with Gasteiger partial charge in [-0.1, -0.05) is 54.6 Å². The lowest BCUT2D eigenvalue weighted by Gasteiger charge is -2.28. The first kappa shape index (κ1) is 25.5. The van der Waals surface area contributed by atoms with E-state index >= 15 is 0 Å². The minimum atomic E-state index is 0.615. The molecule has 1 aliphatic carbocycles. The van der Waals surface area contributed by atoms with E-state index in [1.807, 2.05) is 48.5 Å². The third kappa shape index (κ3) is 4.48. The Morgan fingerprint density at radius 1 is 0.444 bits per heavy atom. The van der Waals surface area contributed by atoms with E-state index in [1.54, 1.807) is 0 Å². The van der Waals surface area contributed by atoms with E-state index in [0.717, 1.165) is 63.2 Å². The summed E-state index contributed by atoms with van der Waals surface area (Å²) in [6.45, 7) is 0. The van der Waals surface area contributed by atoms with E-state index in [1.165, 1.54) is 22.3 Å². The van der Waals surface area contributed by atoms with Gasteiger partial charge in [0.25, 0.3) is 0 Å². The van der Waals surface area contributed by atoms with Gasteiger partial charge in [0.1, 0.15) is 11.0 Å². The van der Waals surface area contributed by atoms with Crippen molar-refractivity contribution in [2.75, 3.05) is 4.90 Å². The smallest absolute Gasteiger partial charge is 0.227 e. The quantitative estimate of drug-likeness (QED) is 0.202. The van der Waals surface area contributed by atoms with Crippen LogP contribution in [-0.4, -0.2) is 9.97 Å². The Kier molecular flexibility index (Phi) is 5.88. The Morgan fingerprint density at radius 3 is 1.53 bits per heavy atom. The molecule has 0 aliphatic heterocycles. The molecular formula is C40H27N3O2. The van der Waals surface area contributed by atoms with Crippen molar-refractivity contribution in [2.24, 2.45) is 0 Å². The van der Waals surface area contributed by atoms with Gasteiger partial charge in [0, 0.05) is 28.2 Å². The van der Waals surface area contributed by atoms with Crippen LogP contribution in [0.15, 0.2) is 148 Å². The Bertz CT molecular complexity index is 2150. The Labute approximate surface area is 260 Å². The molecule has 0 bridgehead atoms. The molecule has 5 heteroatoms. The van der Waals surface area contributed by atoms with Gasteiger partial charge in [-0.2, -0.15) is 0 Å². The number of aromatic nitrogens is 2. The zero-order valence-corrected chi connectivity index (χ0v) is 24.4. The summed E-state index contributed by atoms with van der Waals surface area (Å²) in [5.41, 5.74) is 13.8. The maximum absolute atomic E-state index is 6.05. The van der Waals surface area contributed by atoms with Gasteiger partial charge in [0.05, 0.1) is 0 Å². The monoisotopic (exact) mass is 581 g/mol. The molecule has 214 valence electrons. The fourth-order valence-corrected chi connectivity index (χ4v) is 6.40. The van der Waals surface area contributed by atoms with Crippen molar-refractivity contribution in [2.45, 2.75) is 12.8 Å². The van der Waals surface area contributed by atoms with Gasteiger partial charge in [-0.05, 0) is 120 Å². The molecule has 0 atom stereocenters. The summed E-state index contributed by atoms with van der Waals surface area (Å²) in [7, 11) is 0. The molecule has 6 aromatic carbocycles. The van der Waals surface area contributed by atoms with Gasteiger partial charge in [-0.15, -0.1) is 0 Å². The number of fused-ring (bicyclic) bond motifs is 5. The van der Waals surface area contributed by atoms with Crippen LogP contribution in [0.25, 0.3) is 56.2 Å². The second-order valence-corrected chi connectivity index (χ2v) is 11.4. The minimum Gasteiger partial charge on any atom is -0.436 e. The molecule has 9 rings (SSSR count). The molecule has 0 fully saturated rings. The van der Waals surface area contributed by atoms with E-state index < -0.39 is 0 Å². The van der Waals surface area contributed by atoms with E-state index in [9.17, 15) is 0 Å². The summed E-state index contributed by atoms with van der Waals surface area (Å²) in [4.78, 5) is 11.7. The maximum atomic E-state index is 6.05. The van der Waals surface area contributed by atoms with Crippen LogP contribution in [0.3, 0.4) is 0 Å².